The normalized spacial score (nSPS) is 16.4. The van der Waals surface area contributed by atoms with E-state index in [-0.39, 0.29) is 5.69 Å². The summed E-state index contributed by atoms with van der Waals surface area (Å²) in [7, 11) is 0. The molecule has 0 aromatic carbocycles. The summed E-state index contributed by atoms with van der Waals surface area (Å²) in [6.45, 7) is -5.31. The fraction of sp³-hybridized carbons (Fsp3) is 0.231. The number of anilines is 1. The first-order valence-corrected chi connectivity index (χ1v) is 5.79. The average molecular weight is 275 g/mol. The molecule has 0 amide bonds. The quantitative estimate of drug-likeness (QED) is 0.773. The highest BCUT2D eigenvalue weighted by Gasteiger charge is 2.07. The van der Waals surface area contributed by atoms with E-state index in [4.69, 9.17) is 8.22 Å². The van der Waals surface area contributed by atoms with Crippen LogP contribution in [0.5, 0.6) is 0 Å². The smallest absolute Gasteiger partial charge is 0.127 e. The molecule has 0 saturated carbocycles. The number of aromatic nitrogens is 6. The van der Waals surface area contributed by atoms with Crippen LogP contribution in [-0.2, 0) is 6.54 Å². The van der Waals surface area contributed by atoms with Crippen molar-refractivity contribution < 1.29 is 8.22 Å². The van der Waals surface area contributed by atoms with E-state index < -0.39 is 14.0 Å². The lowest BCUT2D eigenvalue weighted by Crippen LogP contribution is -2.08. The maximum absolute atomic E-state index is 7.50. The molecule has 0 bridgehead atoms. The summed E-state index contributed by atoms with van der Waals surface area (Å²) in [5.74, 6) is 0.698. The predicted octanol–water partition coefficient (Wildman–Crippen LogP) is 1.18. The monoisotopic (exact) mass is 275 g/mol. The van der Waals surface area contributed by atoms with Crippen LogP contribution in [0.1, 0.15) is 14.0 Å². The van der Waals surface area contributed by atoms with Gasteiger partial charge in [0.2, 0.25) is 0 Å². The molecule has 3 aromatic heterocycles. The molecule has 20 heavy (non-hydrogen) atoms. The fourth-order valence-electron chi connectivity index (χ4n) is 1.74. The number of aromatic amines is 1. The molecule has 0 unspecified atom stereocenters. The van der Waals surface area contributed by atoms with Crippen molar-refractivity contribution in [3.8, 4) is 11.3 Å². The van der Waals surface area contributed by atoms with E-state index in [1.165, 1.54) is 18.5 Å². The molecule has 7 nitrogen and oxygen atoms in total. The number of rotatable bonds is 4. The highest BCUT2D eigenvalue weighted by Crippen LogP contribution is 2.20. The molecule has 3 heterocycles. The number of H-pyrrole nitrogens is 1. The third kappa shape index (κ3) is 2.51. The summed E-state index contributed by atoms with van der Waals surface area (Å²) >= 11 is 0. The molecule has 1 N–H and O–H groups in total. The molecule has 0 atom stereocenters. The molecule has 7 heteroatoms. The van der Waals surface area contributed by atoms with Gasteiger partial charge in [-0.15, -0.1) is 5.10 Å². The van der Waals surface area contributed by atoms with Crippen LogP contribution in [0.3, 0.4) is 0 Å². The van der Waals surface area contributed by atoms with Gasteiger partial charge in [0.15, 0.2) is 0 Å². The summed E-state index contributed by atoms with van der Waals surface area (Å²) < 4.78 is 46.5. The third-order valence-corrected chi connectivity index (χ3v) is 2.68. The lowest BCUT2D eigenvalue weighted by atomic mass is 10.2. The molecule has 3 rings (SSSR count). The molecule has 0 spiro atoms. The van der Waals surface area contributed by atoms with E-state index in [2.05, 4.69) is 25.3 Å². The molecule has 102 valence electrons. The average Bonchev–Trinajstić information content (AvgIpc) is 3.17. The SMILES string of the molecule is [2H]C([2H])([2H])N(c1cncc(-c2cn(Cc3ncc[nH]3)nn2)c1)C([2H])([2H])[2H]. The van der Waals surface area contributed by atoms with Gasteiger partial charge in [-0.1, -0.05) is 5.21 Å². The van der Waals surface area contributed by atoms with E-state index in [1.807, 2.05) is 0 Å². The van der Waals surface area contributed by atoms with E-state index in [9.17, 15) is 0 Å². The molecular weight excluding hydrogens is 254 g/mol. The van der Waals surface area contributed by atoms with Gasteiger partial charge in [-0.05, 0) is 6.07 Å². The van der Waals surface area contributed by atoms with Crippen molar-refractivity contribution in [3.63, 3.8) is 0 Å². The number of nitrogens with zero attached hydrogens (tertiary/aromatic N) is 6. The van der Waals surface area contributed by atoms with Crippen LogP contribution in [0.25, 0.3) is 11.3 Å². The van der Waals surface area contributed by atoms with Crippen molar-refractivity contribution in [2.75, 3.05) is 18.9 Å². The largest absolute Gasteiger partial charge is 0.376 e. The van der Waals surface area contributed by atoms with Gasteiger partial charge in [-0.25, -0.2) is 9.67 Å². The second-order valence-electron chi connectivity index (χ2n) is 4.10. The number of imidazole rings is 1. The second-order valence-corrected chi connectivity index (χ2v) is 4.10. The summed E-state index contributed by atoms with van der Waals surface area (Å²) in [6.07, 6.45) is 7.60. The van der Waals surface area contributed by atoms with E-state index >= 15 is 0 Å². The van der Waals surface area contributed by atoms with Gasteiger partial charge in [0.05, 0.1) is 18.1 Å². The van der Waals surface area contributed by atoms with Crippen LogP contribution in [0.15, 0.2) is 37.1 Å². The molecule has 0 saturated heterocycles. The van der Waals surface area contributed by atoms with E-state index in [1.54, 1.807) is 23.3 Å². The summed E-state index contributed by atoms with van der Waals surface area (Å²) in [6, 6.07) is 1.41. The Morgan fingerprint density at radius 3 is 3.15 bits per heavy atom. The van der Waals surface area contributed by atoms with Gasteiger partial charge in [0.1, 0.15) is 18.1 Å². The van der Waals surface area contributed by atoms with Crippen LogP contribution in [0, 0.1) is 0 Å². The Morgan fingerprint density at radius 2 is 2.35 bits per heavy atom. The molecule has 0 aliphatic heterocycles. The fourth-order valence-corrected chi connectivity index (χ4v) is 1.74. The van der Waals surface area contributed by atoms with Gasteiger partial charge in [0.25, 0.3) is 0 Å². The van der Waals surface area contributed by atoms with Crippen LogP contribution in [-0.4, -0.2) is 43.9 Å². The molecule has 3 aromatic rings. The molecule has 0 aliphatic rings. The Balaban J connectivity index is 1.91. The summed E-state index contributed by atoms with van der Waals surface area (Å²) in [5, 5.41) is 8.01. The minimum atomic E-state index is -2.84. The number of hydrogen-bond donors (Lipinski definition) is 1. The Morgan fingerprint density at radius 1 is 1.40 bits per heavy atom. The van der Waals surface area contributed by atoms with Crippen molar-refractivity contribution in [2.45, 2.75) is 6.54 Å². The zero-order chi connectivity index (χ0) is 18.9. The Bertz CT molecular complexity index is 854. The van der Waals surface area contributed by atoms with Crippen molar-refractivity contribution in [1.82, 2.24) is 29.9 Å². The zero-order valence-electron chi connectivity index (χ0n) is 16.4. The first-order chi connectivity index (χ1) is 12.1. The van der Waals surface area contributed by atoms with Crippen LogP contribution < -0.4 is 4.90 Å². The molecular formula is C13H15N7. The van der Waals surface area contributed by atoms with E-state index in [0.29, 0.717) is 28.5 Å². The first-order valence-electron chi connectivity index (χ1n) is 8.79. The zero-order valence-corrected chi connectivity index (χ0v) is 10.4. The topological polar surface area (TPSA) is 75.5 Å². The predicted molar refractivity (Wildman–Crippen MR) is 75.3 cm³/mol. The number of nitrogens with one attached hydrogen (secondary N) is 1. The highest BCUT2D eigenvalue weighted by atomic mass is 15.4. The second kappa shape index (κ2) is 5.12. The Hall–Kier alpha value is -2.70. The lowest BCUT2D eigenvalue weighted by molar-refractivity contribution is 0.629. The van der Waals surface area contributed by atoms with Crippen molar-refractivity contribution in [2.24, 2.45) is 0 Å². The maximum atomic E-state index is 7.50. The van der Waals surface area contributed by atoms with Gasteiger partial charge in [0, 0.05) is 46.3 Å². The van der Waals surface area contributed by atoms with Crippen LogP contribution >= 0.6 is 0 Å². The highest BCUT2D eigenvalue weighted by molar-refractivity contribution is 5.62. The van der Waals surface area contributed by atoms with Crippen LogP contribution in [0.2, 0.25) is 0 Å². The number of pyridine rings is 1. The first kappa shape index (κ1) is 7.18. The Kier molecular flexibility index (Phi) is 1.84. The lowest BCUT2D eigenvalue weighted by Gasteiger charge is -2.11. The van der Waals surface area contributed by atoms with Crippen molar-refractivity contribution in [3.05, 3.63) is 42.9 Å². The molecule has 0 fully saturated rings. The minimum absolute atomic E-state index is 0.0527. The Labute approximate surface area is 124 Å². The molecule has 0 radical (unpaired) electrons. The maximum Gasteiger partial charge on any atom is 0.127 e. The van der Waals surface area contributed by atoms with Crippen LogP contribution in [0.4, 0.5) is 5.69 Å². The molecule has 0 aliphatic carbocycles. The van der Waals surface area contributed by atoms with E-state index in [0.717, 1.165) is 0 Å². The van der Waals surface area contributed by atoms with Crippen molar-refractivity contribution in [1.29, 1.82) is 0 Å². The van der Waals surface area contributed by atoms with Crippen molar-refractivity contribution >= 4 is 5.69 Å². The van der Waals surface area contributed by atoms with Gasteiger partial charge in [-0.2, -0.15) is 0 Å². The summed E-state index contributed by atoms with van der Waals surface area (Å²) in [4.78, 5) is 11.4. The van der Waals surface area contributed by atoms with Gasteiger partial charge in [-0.3, -0.25) is 4.98 Å². The number of hydrogen-bond acceptors (Lipinski definition) is 5. The standard InChI is InChI=1S/C13H15N7/c1-19(2)11-5-10(6-14-7-11)12-8-20(18-17-12)9-13-15-3-4-16-13/h3-8H,9H2,1-2H3,(H,15,16)/i1D3,2D3. The minimum Gasteiger partial charge on any atom is -0.376 e. The summed E-state index contributed by atoms with van der Waals surface area (Å²) in [5.41, 5.74) is 0.830. The van der Waals surface area contributed by atoms with Gasteiger partial charge < -0.3 is 9.88 Å². The third-order valence-electron chi connectivity index (χ3n) is 2.68. The van der Waals surface area contributed by atoms with Gasteiger partial charge >= 0.3 is 0 Å².